The van der Waals surface area contributed by atoms with Gasteiger partial charge in [-0.05, 0) is 87.9 Å². The SMILES string of the molecule is CC(C)(C)OC(=O)N[C@H]1CCCCC/C=C\[C@@H]2C[C@@]2(C(=O)NS(=O)(=O)C2CC2)NC(=O)[C@@H]2C[C@@H](OCc3cccc(-c4cccs4)c3)CN2C1=O. The molecule has 3 fully saturated rings. The van der Waals surface area contributed by atoms with Crippen LogP contribution in [0, 0.1) is 5.92 Å². The maximum absolute atomic E-state index is 14.3. The first-order valence-corrected chi connectivity index (χ1v) is 20.3. The normalized spacial score (nSPS) is 27.9. The predicted molar refractivity (Wildman–Crippen MR) is 193 cm³/mol. The molecule has 2 aliphatic heterocycles. The Morgan fingerprint density at radius 3 is 2.61 bits per heavy atom. The number of sulfonamides is 1. The Hall–Kier alpha value is -3.75. The van der Waals surface area contributed by atoms with Gasteiger partial charge < -0.3 is 25.0 Å². The van der Waals surface area contributed by atoms with Gasteiger partial charge in [-0.15, -0.1) is 11.3 Å². The van der Waals surface area contributed by atoms with Gasteiger partial charge in [0.15, 0.2) is 0 Å². The summed E-state index contributed by atoms with van der Waals surface area (Å²) in [4.78, 5) is 57.7. The number of nitrogens with zero attached hydrogens (tertiary/aromatic N) is 1. The molecule has 2 aromatic rings. The monoisotopic (exact) mass is 740 g/mol. The minimum atomic E-state index is -3.86. The van der Waals surface area contributed by atoms with Crippen molar-refractivity contribution in [1.82, 2.24) is 20.3 Å². The van der Waals surface area contributed by atoms with Crippen LogP contribution in [0.3, 0.4) is 0 Å². The molecule has 4 amide bonds. The molecule has 1 saturated heterocycles. The molecule has 14 heteroatoms. The highest BCUT2D eigenvalue weighted by Gasteiger charge is 2.62. The molecule has 0 spiro atoms. The largest absolute Gasteiger partial charge is 0.444 e. The summed E-state index contributed by atoms with van der Waals surface area (Å²) in [6.07, 6.45) is 7.28. The van der Waals surface area contributed by atoms with Crippen molar-refractivity contribution in [3.05, 3.63) is 59.5 Å². The minimum absolute atomic E-state index is 0.0899. The maximum atomic E-state index is 14.3. The Balaban J connectivity index is 1.25. The van der Waals surface area contributed by atoms with Gasteiger partial charge in [-0.3, -0.25) is 19.1 Å². The van der Waals surface area contributed by atoms with E-state index in [-0.39, 0.29) is 26.0 Å². The highest BCUT2D eigenvalue weighted by atomic mass is 32.2. The number of amides is 4. The first-order chi connectivity index (χ1) is 24.2. The molecule has 1 aromatic heterocycles. The summed E-state index contributed by atoms with van der Waals surface area (Å²) in [5, 5.41) is 7.05. The van der Waals surface area contributed by atoms with Crippen molar-refractivity contribution >= 4 is 45.2 Å². The van der Waals surface area contributed by atoms with E-state index in [0.717, 1.165) is 28.8 Å². The zero-order valence-electron chi connectivity index (χ0n) is 29.4. The van der Waals surface area contributed by atoms with Gasteiger partial charge >= 0.3 is 6.09 Å². The van der Waals surface area contributed by atoms with E-state index in [1.165, 1.54) is 4.90 Å². The molecule has 0 bridgehead atoms. The lowest BCUT2D eigenvalue weighted by Crippen LogP contribution is -2.58. The molecular formula is C37H48N4O8S2. The predicted octanol–water partition coefficient (Wildman–Crippen LogP) is 4.80. The summed E-state index contributed by atoms with van der Waals surface area (Å²) in [7, 11) is -3.86. The van der Waals surface area contributed by atoms with E-state index in [9.17, 15) is 27.6 Å². The molecule has 5 atom stereocenters. The number of benzene rings is 1. The second-order valence-corrected chi connectivity index (χ2v) is 18.0. The first-order valence-electron chi connectivity index (χ1n) is 17.8. The maximum Gasteiger partial charge on any atom is 0.408 e. The van der Waals surface area contributed by atoms with E-state index in [1.807, 2.05) is 47.9 Å². The summed E-state index contributed by atoms with van der Waals surface area (Å²) in [6, 6.07) is 10.1. The number of alkyl carbamates (subject to hydrolysis) is 1. The summed E-state index contributed by atoms with van der Waals surface area (Å²) in [5.74, 6) is -2.17. The summed E-state index contributed by atoms with van der Waals surface area (Å²) in [6.45, 7) is 5.56. The third-order valence-corrected chi connectivity index (χ3v) is 12.5. The average Bonchev–Trinajstić information content (AvgIpc) is 3.93. The number of carbonyl (C=O) groups excluding carboxylic acids is 4. The molecule has 6 rings (SSSR count). The number of allylic oxidation sites excluding steroid dienone is 1. The van der Waals surface area contributed by atoms with Crippen LogP contribution in [0.2, 0.25) is 0 Å². The number of hydrogen-bond donors (Lipinski definition) is 3. The van der Waals surface area contributed by atoms with Crippen LogP contribution in [-0.2, 0) is 40.5 Å². The minimum Gasteiger partial charge on any atom is -0.444 e. The number of nitrogens with one attached hydrogen (secondary N) is 3. The van der Waals surface area contributed by atoms with Crippen molar-refractivity contribution in [2.24, 2.45) is 5.92 Å². The van der Waals surface area contributed by atoms with E-state index < -0.39 is 74.3 Å². The van der Waals surface area contributed by atoms with Crippen LogP contribution < -0.4 is 15.4 Å². The summed E-state index contributed by atoms with van der Waals surface area (Å²) in [5.41, 5.74) is -0.237. The van der Waals surface area contributed by atoms with Crippen LogP contribution in [0.4, 0.5) is 4.79 Å². The van der Waals surface area contributed by atoms with Gasteiger partial charge in [0.25, 0.3) is 5.91 Å². The third kappa shape index (κ3) is 9.19. The first kappa shape index (κ1) is 37.0. The lowest BCUT2D eigenvalue weighted by Gasteiger charge is -2.30. The zero-order valence-corrected chi connectivity index (χ0v) is 31.0. The molecule has 276 valence electrons. The van der Waals surface area contributed by atoms with Crippen LogP contribution >= 0.6 is 11.3 Å². The highest BCUT2D eigenvalue weighted by Crippen LogP contribution is 2.46. The van der Waals surface area contributed by atoms with Crippen LogP contribution in [0.15, 0.2) is 53.9 Å². The van der Waals surface area contributed by atoms with Gasteiger partial charge in [-0.2, -0.15) is 0 Å². The fourth-order valence-corrected chi connectivity index (χ4v) is 8.89. The standard InChI is InChI=1S/C37H48N4O8S2/c1-36(2,3)49-35(45)38-29-14-8-6-4-5-7-13-26-21-37(26,34(44)40-51(46,47)28-16-17-28)39-32(42)30-20-27(22-41(30)33(29)43)48-23-24-11-9-12-25(19-24)31-15-10-18-50-31/h7,9-13,15,18-19,26-30H,4-6,8,14,16-17,20-23H2,1-3H3,(H,38,45)(H,39,42)(H,40,44)/b13-7-/t26-,27-,29+,30+,37-/m1/s1. The van der Waals surface area contributed by atoms with Crippen molar-refractivity contribution in [2.45, 2.75) is 120 Å². The molecule has 3 N–H and O–H groups in total. The number of rotatable bonds is 8. The number of hydrogen-bond acceptors (Lipinski definition) is 9. The molecule has 12 nitrogen and oxygen atoms in total. The van der Waals surface area contributed by atoms with E-state index in [0.29, 0.717) is 32.1 Å². The van der Waals surface area contributed by atoms with Gasteiger partial charge in [0.2, 0.25) is 21.8 Å². The van der Waals surface area contributed by atoms with E-state index in [1.54, 1.807) is 32.1 Å². The van der Waals surface area contributed by atoms with E-state index in [2.05, 4.69) is 21.4 Å². The Bertz CT molecular complexity index is 1750. The molecule has 1 aromatic carbocycles. The van der Waals surface area contributed by atoms with E-state index >= 15 is 0 Å². The number of ether oxygens (including phenoxy) is 2. The third-order valence-electron chi connectivity index (χ3n) is 9.75. The van der Waals surface area contributed by atoms with Gasteiger partial charge in [0.05, 0.1) is 18.0 Å². The summed E-state index contributed by atoms with van der Waals surface area (Å²) >= 11 is 1.64. The second kappa shape index (κ2) is 15.1. The molecule has 3 heterocycles. The lowest BCUT2D eigenvalue weighted by atomic mass is 10.0. The molecular weight excluding hydrogens is 693 g/mol. The topological polar surface area (TPSA) is 160 Å². The smallest absolute Gasteiger partial charge is 0.408 e. The Kier molecular flexibility index (Phi) is 10.9. The molecule has 0 radical (unpaired) electrons. The van der Waals surface area contributed by atoms with Gasteiger partial charge in [-0.25, -0.2) is 13.2 Å². The van der Waals surface area contributed by atoms with Crippen molar-refractivity contribution in [2.75, 3.05) is 6.54 Å². The molecule has 4 aliphatic rings. The molecule has 2 aliphatic carbocycles. The van der Waals surface area contributed by atoms with Crippen molar-refractivity contribution in [3.63, 3.8) is 0 Å². The number of thiophene rings is 1. The zero-order chi connectivity index (χ0) is 36.4. The van der Waals surface area contributed by atoms with Crippen LogP contribution in [-0.4, -0.2) is 78.3 Å². The average molecular weight is 741 g/mol. The number of fused-ring (bicyclic) bond motifs is 2. The van der Waals surface area contributed by atoms with Crippen molar-refractivity contribution in [3.8, 4) is 10.4 Å². The van der Waals surface area contributed by atoms with Crippen LogP contribution in [0.25, 0.3) is 10.4 Å². The molecule has 0 unspecified atom stereocenters. The van der Waals surface area contributed by atoms with E-state index in [4.69, 9.17) is 9.47 Å². The van der Waals surface area contributed by atoms with Gasteiger partial charge in [0.1, 0.15) is 23.2 Å². The van der Waals surface area contributed by atoms with Crippen molar-refractivity contribution in [1.29, 1.82) is 0 Å². The fraction of sp³-hybridized carbons (Fsp3) is 0.568. The second-order valence-electron chi connectivity index (χ2n) is 15.1. The quantitative estimate of drug-likeness (QED) is 0.326. The Morgan fingerprint density at radius 1 is 1.08 bits per heavy atom. The fourth-order valence-electron chi connectivity index (χ4n) is 6.80. The highest BCUT2D eigenvalue weighted by molar-refractivity contribution is 7.91. The molecule has 2 saturated carbocycles. The van der Waals surface area contributed by atoms with Crippen molar-refractivity contribution < 1.29 is 37.1 Å². The summed E-state index contributed by atoms with van der Waals surface area (Å²) < 4.78 is 39.6. The van der Waals surface area contributed by atoms with Crippen LogP contribution in [0.1, 0.15) is 84.1 Å². The Morgan fingerprint density at radius 2 is 1.88 bits per heavy atom. The number of carbonyl (C=O) groups is 4. The van der Waals surface area contributed by atoms with Crippen LogP contribution in [0.5, 0.6) is 0 Å². The lowest BCUT2D eigenvalue weighted by molar-refractivity contribution is -0.141. The van der Waals surface area contributed by atoms with Gasteiger partial charge in [0, 0.05) is 23.8 Å². The molecule has 51 heavy (non-hydrogen) atoms. The Labute approximate surface area is 303 Å². The van der Waals surface area contributed by atoms with Gasteiger partial charge in [-0.1, -0.05) is 49.3 Å².